The number of benzene rings is 1. The Morgan fingerprint density at radius 3 is 2.29 bits per heavy atom. The van der Waals surface area contributed by atoms with Crippen molar-refractivity contribution < 1.29 is 9.47 Å². The van der Waals surface area contributed by atoms with Gasteiger partial charge in [0.2, 0.25) is 0 Å². The quantitative estimate of drug-likeness (QED) is 0.714. The summed E-state index contributed by atoms with van der Waals surface area (Å²) in [5, 5.41) is 0. The summed E-state index contributed by atoms with van der Waals surface area (Å²) in [6.45, 7) is 10.7. The highest BCUT2D eigenvalue weighted by atomic mass is 16.5. The average Bonchev–Trinajstić information content (AvgIpc) is 2.21. The first-order valence-electron chi connectivity index (χ1n) is 4.90. The molecular weight excluding hydrogens is 176 g/mol. The maximum Gasteiger partial charge on any atom is 0.161 e. The van der Waals surface area contributed by atoms with Gasteiger partial charge in [-0.15, -0.1) is 0 Å². The van der Waals surface area contributed by atoms with Gasteiger partial charge in [-0.05, 0) is 44.9 Å². The van der Waals surface area contributed by atoms with Gasteiger partial charge in [-0.1, -0.05) is 6.07 Å². The van der Waals surface area contributed by atoms with E-state index in [1.165, 1.54) is 0 Å². The van der Waals surface area contributed by atoms with Crippen molar-refractivity contribution in [1.82, 2.24) is 0 Å². The molecule has 0 N–H and O–H groups in total. The van der Waals surface area contributed by atoms with E-state index in [1.807, 2.05) is 32.0 Å². The summed E-state index contributed by atoms with van der Waals surface area (Å²) in [6, 6.07) is 5.78. The van der Waals surface area contributed by atoms with Crippen LogP contribution >= 0.6 is 0 Å². The fourth-order valence-electron chi connectivity index (χ4n) is 1.22. The van der Waals surface area contributed by atoms with Gasteiger partial charge in [0.1, 0.15) is 0 Å². The first-order chi connectivity index (χ1) is 6.81. The molecule has 76 valence electrons. The molecule has 1 aromatic carbocycles. The molecule has 0 saturated heterocycles. The van der Waals surface area contributed by atoms with Crippen LogP contribution in [-0.4, -0.2) is 13.2 Å². The maximum atomic E-state index is 5.54. The zero-order valence-electron chi connectivity index (χ0n) is 8.75. The van der Waals surface area contributed by atoms with Crippen molar-refractivity contribution in [2.45, 2.75) is 20.3 Å². The lowest BCUT2D eigenvalue weighted by Crippen LogP contribution is -1.98. The molecule has 2 heteroatoms. The first kappa shape index (κ1) is 10.9. The summed E-state index contributed by atoms with van der Waals surface area (Å²) in [5.74, 6) is 1.56. The van der Waals surface area contributed by atoms with Gasteiger partial charge in [-0.2, -0.15) is 0 Å². The zero-order chi connectivity index (χ0) is 10.4. The van der Waals surface area contributed by atoms with Gasteiger partial charge in [0.15, 0.2) is 11.5 Å². The van der Waals surface area contributed by atoms with Crippen molar-refractivity contribution in [3.8, 4) is 11.5 Å². The van der Waals surface area contributed by atoms with Crippen LogP contribution < -0.4 is 9.47 Å². The van der Waals surface area contributed by atoms with E-state index < -0.39 is 0 Å². The van der Waals surface area contributed by atoms with Crippen molar-refractivity contribution in [3.63, 3.8) is 0 Å². The molecule has 0 aliphatic heterocycles. The van der Waals surface area contributed by atoms with Gasteiger partial charge in [0, 0.05) is 0 Å². The van der Waals surface area contributed by atoms with Crippen LogP contribution in [0.2, 0.25) is 0 Å². The molecule has 0 saturated carbocycles. The molecule has 2 radical (unpaired) electrons. The Balaban J connectivity index is 2.91. The molecular formula is C12H16O2. The molecule has 1 rings (SSSR count). The number of hydrogen-bond donors (Lipinski definition) is 0. The minimum absolute atomic E-state index is 0.520. The van der Waals surface area contributed by atoms with Crippen LogP contribution in [0.1, 0.15) is 19.4 Å². The number of ether oxygens (including phenoxy) is 2. The lowest BCUT2D eigenvalue weighted by Gasteiger charge is -2.11. The van der Waals surface area contributed by atoms with Crippen LogP contribution in [0.15, 0.2) is 18.2 Å². The third kappa shape index (κ3) is 2.66. The molecule has 0 aliphatic rings. The van der Waals surface area contributed by atoms with E-state index in [2.05, 4.69) is 0 Å². The van der Waals surface area contributed by atoms with Crippen LogP contribution in [-0.2, 0) is 6.42 Å². The van der Waals surface area contributed by atoms with Crippen molar-refractivity contribution in [1.29, 1.82) is 0 Å². The minimum atomic E-state index is 0.520. The van der Waals surface area contributed by atoms with Gasteiger partial charge < -0.3 is 9.47 Å². The minimum Gasteiger partial charge on any atom is -0.490 e. The molecule has 2 nitrogen and oxygen atoms in total. The molecule has 14 heavy (non-hydrogen) atoms. The van der Waals surface area contributed by atoms with E-state index in [0.717, 1.165) is 17.1 Å². The van der Waals surface area contributed by atoms with Gasteiger partial charge in [-0.25, -0.2) is 0 Å². The predicted molar refractivity (Wildman–Crippen MR) is 56.8 cm³/mol. The summed E-state index contributed by atoms with van der Waals surface area (Å²) < 4.78 is 10.9. The average molecular weight is 192 g/mol. The van der Waals surface area contributed by atoms with Crippen LogP contribution in [0.5, 0.6) is 11.5 Å². The van der Waals surface area contributed by atoms with Crippen LogP contribution in [0.4, 0.5) is 0 Å². The van der Waals surface area contributed by atoms with E-state index in [-0.39, 0.29) is 0 Å². The predicted octanol–water partition coefficient (Wildman–Crippen LogP) is 2.74. The van der Waals surface area contributed by atoms with E-state index in [4.69, 9.17) is 16.4 Å². The SMILES string of the molecule is [CH]Cc1ccc(OCC)c(OCC)c1. The third-order valence-corrected chi connectivity index (χ3v) is 1.84. The van der Waals surface area contributed by atoms with E-state index >= 15 is 0 Å². The van der Waals surface area contributed by atoms with Crippen molar-refractivity contribution in [2.24, 2.45) is 0 Å². The Morgan fingerprint density at radius 2 is 1.71 bits per heavy atom. The highest BCUT2D eigenvalue weighted by molar-refractivity contribution is 5.43. The second kappa shape index (κ2) is 5.53. The first-order valence-corrected chi connectivity index (χ1v) is 4.90. The Labute approximate surface area is 85.8 Å². The second-order valence-corrected chi connectivity index (χ2v) is 2.85. The van der Waals surface area contributed by atoms with E-state index in [9.17, 15) is 0 Å². The fraction of sp³-hybridized carbons (Fsp3) is 0.417. The van der Waals surface area contributed by atoms with Crippen LogP contribution in [0.25, 0.3) is 0 Å². The number of rotatable bonds is 5. The van der Waals surface area contributed by atoms with E-state index in [0.29, 0.717) is 19.6 Å². The Bertz CT molecular complexity index is 282. The van der Waals surface area contributed by atoms with Crippen LogP contribution in [0, 0.1) is 6.92 Å². The zero-order valence-corrected chi connectivity index (χ0v) is 8.75. The fourth-order valence-corrected chi connectivity index (χ4v) is 1.22. The van der Waals surface area contributed by atoms with Gasteiger partial charge >= 0.3 is 0 Å². The molecule has 1 aromatic rings. The molecule has 0 heterocycles. The highest BCUT2D eigenvalue weighted by Gasteiger charge is 2.04. The molecule has 0 fully saturated rings. The monoisotopic (exact) mass is 192 g/mol. The standard InChI is InChI=1S/C12H16O2/c1-4-10-7-8-11(13-5-2)12(9-10)14-6-3/h1,7-9H,4-6H2,2-3H3. The molecule has 0 spiro atoms. The largest absolute Gasteiger partial charge is 0.490 e. The smallest absolute Gasteiger partial charge is 0.161 e. The lowest BCUT2D eigenvalue weighted by atomic mass is 10.1. The molecule has 0 atom stereocenters. The number of hydrogen-bond acceptors (Lipinski definition) is 2. The van der Waals surface area contributed by atoms with Crippen molar-refractivity contribution in [3.05, 3.63) is 30.7 Å². The maximum absolute atomic E-state index is 5.54. The van der Waals surface area contributed by atoms with Crippen molar-refractivity contribution >= 4 is 0 Å². The molecule has 0 bridgehead atoms. The van der Waals surface area contributed by atoms with E-state index in [1.54, 1.807) is 0 Å². The summed E-state index contributed by atoms with van der Waals surface area (Å²) in [4.78, 5) is 0. The van der Waals surface area contributed by atoms with Gasteiger partial charge in [-0.3, -0.25) is 0 Å². The molecule has 0 aliphatic carbocycles. The normalized spacial score (nSPS) is 9.93. The summed E-state index contributed by atoms with van der Waals surface area (Å²) in [5.41, 5.74) is 1.05. The third-order valence-electron chi connectivity index (χ3n) is 1.84. The van der Waals surface area contributed by atoms with Gasteiger partial charge in [0.25, 0.3) is 0 Å². The Morgan fingerprint density at radius 1 is 1.07 bits per heavy atom. The molecule has 0 unspecified atom stereocenters. The Hall–Kier alpha value is -1.18. The van der Waals surface area contributed by atoms with Gasteiger partial charge in [0.05, 0.1) is 13.2 Å². The molecule has 0 aromatic heterocycles. The lowest BCUT2D eigenvalue weighted by molar-refractivity contribution is 0.287. The topological polar surface area (TPSA) is 18.5 Å². The highest BCUT2D eigenvalue weighted by Crippen LogP contribution is 2.28. The summed E-state index contributed by atoms with van der Waals surface area (Å²) >= 11 is 0. The molecule has 0 amide bonds. The summed E-state index contributed by atoms with van der Waals surface area (Å²) in [6.07, 6.45) is 0.520. The van der Waals surface area contributed by atoms with Crippen molar-refractivity contribution in [2.75, 3.05) is 13.2 Å². The Kier molecular flexibility index (Phi) is 4.30. The second-order valence-electron chi connectivity index (χ2n) is 2.85. The van der Waals surface area contributed by atoms with Crippen LogP contribution in [0.3, 0.4) is 0 Å². The summed E-state index contributed by atoms with van der Waals surface area (Å²) in [7, 11) is 0.